The first-order chi connectivity index (χ1) is 11.5. The van der Waals surface area contributed by atoms with Crippen LogP contribution >= 0.6 is 23.2 Å². The topological polar surface area (TPSA) is 75.2 Å². The number of fused-ring (bicyclic) bond motifs is 1. The molecule has 0 unspecified atom stereocenters. The van der Waals surface area contributed by atoms with Crippen molar-refractivity contribution in [2.24, 2.45) is 0 Å². The molecule has 5 nitrogen and oxygen atoms in total. The average Bonchev–Trinajstić information content (AvgIpc) is 2.57. The molecule has 7 heteroatoms. The van der Waals surface area contributed by atoms with E-state index < -0.39 is 0 Å². The highest BCUT2D eigenvalue weighted by atomic mass is 35.5. The summed E-state index contributed by atoms with van der Waals surface area (Å²) in [6.45, 7) is 0. The molecule has 2 aromatic carbocycles. The lowest BCUT2D eigenvalue weighted by Gasteiger charge is -2.25. The highest BCUT2D eigenvalue weighted by molar-refractivity contribution is 6.36. The lowest BCUT2D eigenvalue weighted by molar-refractivity contribution is 0.202. The lowest BCUT2D eigenvalue weighted by atomic mass is 10.1. The van der Waals surface area contributed by atoms with Crippen molar-refractivity contribution < 1.29 is 4.84 Å². The third-order valence-corrected chi connectivity index (χ3v) is 4.04. The van der Waals surface area contributed by atoms with Crippen LogP contribution in [0.3, 0.4) is 0 Å². The van der Waals surface area contributed by atoms with E-state index >= 15 is 0 Å². The van der Waals surface area contributed by atoms with Gasteiger partial charge >= 0.3 is 0 Å². The molecular weight excluding hydrogens is 347 g/mol. The monoisotopic (exact) mass is 358 g/mol. The van der Waals surface area contributed by atoms with Crippen molar-refractivity contribution in [3.05, 3.63) is 58.2 Å². The van der Waals surface area contributed by atoms with E-state index in [1.165, 1.54) is 18.4 Å². The fourth-order valence-electron chi connectivity index (χ4n) is 2.45. The summed E-state index contributed by atoms with van der Waals surface area (Å²) in [5, 5.41) is 12.6. The third-order valence-electron chi connectivity index (χ3n) is 3.50. The Balaban J connectivity index is 2.31. The fourth-order valence-corrected chi connectivity index (χ4v) is 2.94. The number of aromatic nitrogens is 1. The van der Waals surface area contributed by atoms with Crippen molar-refractivity contribution in [3.8, 4) is 6.07 Å². The summed E-state index contributed by atoms with van der Waals surface area (Å²) in [6, 6.07) is 12.4. The van der Waals surface area contributed by atoms with Crippen molar-refractivity contribution in [2.75, 3.05) is 17.9 Å². The van der Waals surface area contributed by atoms with Crippen molar-refractivity contribution in [2.45, 2.75) is 0 Å². The average molecular weight is 359 g/mol. The van der Waals surface area contributed by atoms with Crippen LogP contribution in [0.25, 0.3) is 10.9 Å². The Hall–Kier alpha value is -2.52. The molecule has 0 saturated heterocycles. The van der Waals surface area contributed by atoms with E-state index in [0.29, 0.717) is 38.2 Å². The van der Waals surface area contributed by atoms with Gasteiger partial charge in [-0.05, 0) is 36.4 Å². The van der Waals surface area contributed by atoms with E-state index in [1.54, 1.807) is 36.4 Å². The minimum atomic E-state index is 0.347. The molecule has 0 aliphatic carbocycles. The van der Waals surface area contributed by atoms with Crippen LogP contribution in [-0.4, -0.2) is 12.1 Å². The summed E-state index contributed by atoms with van der Waals surface area (Å²) >= 11 is 12.3. The maximum absolute atomic E-state index is 9.49. The molecule has 0 spiro atoms. The molecule has 0 saturated carbocycles. The van der Waals surface area contributed by atoms with E-state index in [1.807, 2.05) is 0 Å². The number of hydrogen-bond donors (Lipinski definition) is 1. The summed E-state index contributed by atoms with van der Waals surface area (Å²) in [5.41, 5.74) is 8.49. The highest BCUT2D eigenvalue weighted by Gasteiger charge is 2.20. The zero-order chi connectivity index (χ0) is 17.3. The van der Waals surface area contributed by atoms with Gasteiger partial charge in [0.2, 0.25) is 0 Å². The molecule has 0 fully saturated rings. The van der Waals surface area contributed by atoms with Crippen LogP contribution in [0.15, 0.2) is 42.6 Å². The second-order valence-electron chi connectivity index (χ2n) is 4.98. The number of halogens is 2. The SMILES string of the molecule is CON(c1ccc(Cl)cc1Cl)c1c(C#N)cnc2cc(N)ccc12. The number of nitrogens with two attached hydrogens (primary N) is 1. The number of anilines is 3. The first kappa shape index (κ1) is 16.3. The molecule has 2 N–H and O–H groups in total. The Morgan fingerprint density at radius 1 is 1.21 bits per heavy atom. The Morgan fingerprint density at radius 2 is 2.00 bits per heavy atom. The molecule has 0 aliphatic rings. The van der Waals surface area contributed by atoms with Crippen LogP contribution < -0.4 is 10.8 Å². The molecule has 0 bridgehead atoms. The largest absolute Gasteiger partial charge is 0.399 e. The minimum Gasteiger partial charge on any atom is -0.399 e. The maximum atomic E-state index is 9.49. The molecule has 3 aromatic rings. The Kier molecular flexibility index (Phi) is 4.45. The number of hydrogen-bond acceptors (Lipinski definition) is 5. The second-order valence-corrected chi connectivity index (χ2v) is 5.83. The van der Waals surface area contributed by atoms with E-state index in [4.69, 9.17) is 33.8 Å². The minimum absolute atomic E-state index is 0.347. The molecule has 120 valence electrons. The summed E-state index contributed by atoms with van der Waals surface area (Å²) < 4.78 is 0. The van der Waals surface area contributed by atoms with Crippen LogP contribution in [0.5, 0.6) is 0 Å². The highest BCUT2D eigenvalue weighted by Crippen LogP contribution is 2.39. The maximum Gasteiger partial charge on any atom is 0.103 e. The zero-order valence-corrected chi connectivity index (χ0v) is 14.1. The first-order valence-corrected chi connectivity index (χ1v) is 7.68. The Morgan fingerprint density at radius 3 is 2.67 bits per heavy atom. The summed E-state index contributed by atoms with van der Waals surface area (Å²) in [4.78, 5) is 9.80. The molecule has 0 atom stereocenters. The van der Waals surface area contributed by atoms with E-state index in [9.17, 15) is 5.26 Å². The molecular formula is C17H12Cl2N4O. The number of rotatable bonds is 3. The lowest BCUT2D eigenvalue weighted by Crippen LogP contribution is -2.17. The smallest absolute Gasteiger partial charge is 0.103 e. The van der Waals surface area contributed by atoms with Gasteiger partial charge in [0.05, 0.1) is 34.6 Å². The van der Waals surface area contributed by atoms with Crippen molar-refractivity contribution in [1.29, 1.82) is 5.26 Å². The Bertz CT molecular complexity index is 969. The number of pyridine rings is 1. The quantitative estimate of drug-likeness (QED) is 0.542. The van der Waals surface area contributed by atoms with Gasteiger partial charge in [-0.2, -0.15) is 5.26 Å². The number of nitrogens with zero attached hydrogens (tertiary/aromatic N) is 3. The van der Waals surface area contributed by atoms with Crippen molar-refractivity contribution >= 4 is 51.2 Å². The van der Waals surface area contributed by atoms with Crippen LogP contribution in [-0.2, 0) is 4.84 Å². The molecule has 1 heterocycles. The number of benzene rings is 2. The summed E-state index contributed by atoms with van der Waals surface area (Å²) in [7, 11) is 1.50. The number of nitriles is 1. The molecule has 0 amide bonds. The standard InChI is InChI=1S/C17H12Cl2N4O/c1-24-23(16-5-2-11(18)6-14(16)19)17-10(8-20)9-22-15-7-12(21)3-4-13(15)17/h2-7,9H,21H2,1H3. The Labute approximate surface area is 148 Å². The van der Waals surface area contributed by atoms with Gasteiger partial charge in [-0.25, -0.2) is 5.06 Å². The number of nitrogen functional groups attached to an aromatic ring is 1. The van der Waals surface area contributed by atoms with E-state index in [0.717, 1.165) is 5.39 Å². The van der Waals surface area contributed by atoms with Crippen molar-refractivity contribution in [1.82, 2.24) is 4.98 Å². The van der Waals surface area contributed by atoms with Crippen LogP contribution in [0.2, 0.25) is 10.0 Å². The molecule has 1 aromatic heterocycles. The van der Waals surface area contributed by atoms with Gasteiger partial charge in [0, 0.05) is 22.3 Å². The fraction of sp³-hybridized carbons (Fsp3) is 0.0588. The summed E-state index contributed by atoms with van der Waals surface area (Å²) in [5.74, 6) is 0. The van der Waals surface area contributed by atoms with Crippen LogP contribution in [0.1, 0.15) is 5.56 Å². The van der Waals surface area contributed by atoms with Gasteiger partial charge < -0.3 is 5.73 Å². The van der Waals surface area contributed by atoms with Gasteiger partial charge in [-0.3, -0.25) is 9.82 Å². The van der Waals surface area contributed by atoms with E-state index in [-0.39, 0.29) is 0 Å². The van der Waals surface area contributed by atoms with Gasteiger partial charge in [-0.15, -0.1) is 0 Å². The van der Waals surface area contributed by atoms with Gasteiger partial charge in [0.1, 0.15) is 6.07 Å². The van der Waals surface area contributed by atoms with Crippen LogP contribution in [0.4, 0.5) is 17.1 Å². The van der Waals surface area contributed by atoms with Gasteiger partial charge in [0.15, 0.2) is 0 Å². The van der Waals surface area contributed by atoms with Crippen LogP contribution in [0, 0.1) is 11.3 Å². The van der Waals surface area contributed by atoms with Gasteiger partial charge in [-0.1, -0.05) is 23.2 Å². The molecule has 24 heavy (non-hydrogen) atoms. The van der Waals surface area contributed by atoms with E-state index in [2.05, 4.69) is 11.1 Å². The third kappa shape index (κ3) is 2.83. The molecule has 3 rings (SSSR count). The predicted octanol–water partition coefficient (Wildman–Crippen LogP) is 4.69. The van der Waals surface area contributed by atoms with Gasteiger partial charge in [0.25, 0.3) is 0 Å². The summed E-state index contributed by atoms with van der Waals surface area (Å²) in [6.07, 6.45) is 1.48. The first-order valence-electron chi connectivity index (χ1n) is 6.92. The molecule has 0 aliphatic heterocycles. The van der Waals surface area contributed by atoms with Crippen molar-refractivity contribution in [3.63, 3.8) is 0 Å². The normalized spacial score (nSPS) is 10.6. The second kappa shape index (κ2) is 6.54. The zero-order valence-electron chi connectivity index (χ0n) is 12.6. The molecule has 0 radical (unpaired) electrons. The predicted molar refractivity (Wildman–Crippen MR) is 96.5 cm³/mol.